The van der Waals surface area contributed by atoms with E-state index < -0.39 is 30.3 Å². The Morgan fingerprint density at radius 2 is 1.62 bits per heavy atom. The minimum absolute atomic E-state index is 0.0235. The normalized spacial score (nSPS) is 53.8. The van der Waals surface area contributed by atoms with Crippen molar-refractivity contribution in [2.24, 2.45) is 47.3 Å². The lowest BCUT2D eigenvalue weighted by Gasteiger charge is -2.58. The van der Waals surface area contributed by atoms with Crippen molar-refractivity contribution in [1.29, 1.82) is 0 Å². The molecule has 0 radical (unpaired) electrons. The Morgan fingerprint density at radius 3 is 2.42 bits per heavy atom. The van der Waals surface area contributed by atoms with Crippen LogP contribution in [0, 0.1) is 47.3 Å². The van der Waals surface area contributed by atoms with Crippen LogP contribution in [0.1, 0.15) is 105 Å². The van der Waals surface area contributed by atoms with E-state index in [9.17, 15) is 5.26 Å². The maximum Gasteiger partial charge on any atom is 0.193 e. The van der Waals surface area contributed by atoms with Crippen LogP contribution in [-0.2, 0) is 39.7 Å². The third kappa shape index (κ3) is 4.58. The molecule has 6 heterocycles. The second-order valence-corrected chi connectivity index (χ2v) is 16.0. The van der Waals surface area contributed by atoms with E-state index in [0.29, 0.717) is 36.7 Å². The van der Waals surface area contributed by atoms with E-state index >= 15 is 0 Å². The van der Waals surface area contributed by atoms with E-state index in [4.69, 9.17) is 33.3 Å². The van der Waals surface area contributed by atoms with Crippen molar-refractivity contribution in [2.45, 2.75) is 148 Å². The lowest BCUT2D eigenvalue weighted by molar-refractivity contribution is -0.460. The van der Waals surface area contributed by atoms with Crippen molar-refractivity contribution in [3.63, 3.8) is 0 Å². The largest absolute Gasteiger partial charge is 0.352 e. The summed E-state index contributed by atoms with van der Waals surface area (Å²) in [5.41, 5.74) is -0.388. The summed E-state index contributed by atoms with van der Waals surface area (Å²) in [5, 5.41) is 19.5. The van der Waals surface area contributed by atoms with Gasteiger partial charge in [-0.3, -0.25) is 5.26 Å². The average Bonchev–Trinajstić information content (AvgIpc) is 3.51. The molecular formula is C34H53N3O8. The van der Waals surface area contributed by atoms with Gasteiger partial charge in [0.2, 0.25) is 0 Å². The second kappa shape index (κ2) is 11.2. The maximum absolute atomic E-state index is 10.4. The number of aromatic nitrogens is 3. The Labute approximate surface area is 266 Å². The molecule has 2 saturated carbocycles. The number of rotatable bonds is 6. The first-order valence-electron chi connectivity index (χ1n) is 17.8. The van der Waals surface area contributed by atoms with E-state index in [1.807, 2.05) is 10.9 Å². The van der Waals surface area contributed by atoms with Gasteiger partial charge in [0, 0.05) is 36.5 Å². The van der Waals surface area contributed by atoms with Crippen LogP contribution in [0.4, 0.5) is 0 Å². The zero-order valence-corrected chi connectivity index (χ0v) is 27.8. The van der Waals surface area contributed by atoms with Gasteiger partial charge in [0.1, 0.15) is 5.60 Å². The number of fused-ring (bicyclic) bond motifs is 1. The van der Waals surface area contributed by atoms with Gasteiger partial charge in [0.25, 0.3) is 0 Å². The molecule has 1 spiro atoms. The highest BCUT2D eigenvalue weighted by atomic mass is 17.1. The van der Waals surface area contributed by atoms with Crippen LogP contribution in [0.2, 0.25) is 0 Å². The third-order valence-electron chi connectivity index (χ3n) is 13.5. The monoisotopic (exact) mass is 631 g/mol. The Kier molecular flexibility index (Phi) is 7.73. The number of hydrogen-bond acceptors (Lipinski definition) is 10. The molecule has 0 aromatic carbocycles. The molecule has 0 amide bonds. The van der Waals surface area contributed by atoms with Crippen molar-refractivity contribution in [3.05, 3.63) is 11.9 Å². The summed E-state index contributed by atoms with van der Waals surface area (Å²) in [6.07, 6.45) is 9.10. The smallest absolute Gasteiger partial charge is 0.193 e. The molecular weight excluding hydrogens is 578 g/mol. The molecule has 16 atom stereocenters. The number of ether oxygens (including phenoxy) is 6. The Bertz CT molecular complexity index is 1250. The van der Waals surface area contributed by atoms with Gasteiger partial charge in [-0.05, 0) is 82.5 Å². The predicted octanol–water partition coefficient (Wildman–Crippen LogP) is 5.69. The van der Waals surface area contributed by atoms with Gasteiger partial charge in [0.05, 0.1) is 24.6 Å². The van der Waals surface area contributed by atoms with Gasteiger partial charge in [-0.1, -0.05) is 32.9 Å². The predicted molar refractivity (Wildman–Crippen MR) is 160 cm³/mol. The topological polar surface area (TPSA) is 116 Å². The van der Waals surface area contributed by atoms with Crippen LogP contribution in [0.25, 0.3) is 0 Å². The molecule has 8 rings (SSSR count). The lowest BCUT2D eigenvalue weighted by atomic mass is 9.57. The van der Waals surface area contributed by atoms with Gasteiger partial charge in [-0.2, -0.15) is 0 Å². The SMILES string of the molecule is C[C@H]1[C@H](OCCc2cn(C3O[C@@H]4O[C@@]5(C)CC[C@H]6[C@H](C)CC[C@@H]([C@H]3C)[C@@]46O5)nn2)O[C@@H]2O[C@@H](C)CC[C@H]3[C@H](C)CC[C@@H]1[C@@]23OO. The highest BCUT2D eigenvalue weighted by Gasteiger charge is 2.72. The Morgan fingerprint density at radius 1 is 0.867 bits per heavy atom. The van der Waals surface area contributed by atoms with Gasteiger partial charge < -0.3 is 28.4 Å². The minimum Gasteiger partial charge on any atom is -0.352 e. The summed E-state index contributed by atoms with van der Waals surface area (Å²) in [5.74, 6) is 1.77. The summed E-state index contributed by atoms with van der Waals surface area (Å²) >= 11 is 0. The van der Waals surface area contributed by atoms with Gasteiger partial charge in [0.15, 0.2) is 36.5 Å². The molecule has 2 aliphatic carbocycles. The van der Waals surface area contributed by atoms with Crippen LogP contribution in [0.15, 0.2) is 6.20 Å². The van der Waals surface area contributed by atoms with E-state index in [0.717, 1.165) is 50.6 Å². The molecule has 1 unspecified atom stereocenters. The van der Waals surface area contributed by atoms with Crippen LogP contribution in [0.5, 0.6) is 0 Å². The molecule has 45 heavy (non-hydrogen) atoms. The van der Waals surface area contributed by atoms with Crippen molar-refractivity contribution in [2.75, 3.05) is 6.61 Å². The first-order chi connectivity index (χ1) is 21.6. The fraction of sp³-hybridized carbons (Fsp3) is 0.941. The Balaban J connectivity index is 0.945. The summed E-state index contributed by atoms with van der Waals surface area (Å²) in [7, 11) is 0. The summed E-state index contributed by atoms with van der Waals surface area (Å²) in [6.45, 7) is 13.6. The van der Waals surface area contributed by atoms with Crippen LogP contribution < -0.4 is 0 Å². The number of nitrogens with zero attached hydrogens (tertiary/aromatic N) is 3. The van der Waals surface area contributed by atoms with Crippen molar-refractivity contribution in [1.82, 2.24) is 15.0 Å². The molecule has 7 fully saturated rings. The molecule has 1 aromatic heterocycles. The molecule has 11 nitrogen and oxygen atoms in total. The molecule has 252 valence electrons. The third-order valence-corrected chi connectivity index (χ3v) is 13.5. The van der Waals surface area contributed by atoms with Crippen LogP contribution >= 0.6 is 0 Å². The van der Waals surface area contributed by atoms with Crippen LogP contribution in [0.3, 0.4) is 0 Å². The average molecular weight is 632 g/mol. The fourth-order valence-corrected chi connectivity index (χ4v) is 11.1. The van der Waals surface area contributed by atoms with Crippen molar-refractivity contribution < 1.29 is 38.6 Å². The van der Waals surface area contributed by atoms with E-state index in [1.54, 1.807) is 0 Å². The van der Waals surface area contributed by atoms with Gasteiger partial charge in [-0.25, -0.2) is 9.57 Å². The van der Waals surface area contributed by atoms with Crippen molar-refractivity contribution >= 4 is 0 Å². The summed E-state index contributed by atoms with van der Waals surface area (Å²) in [4.78, 5) is 5.44. The quantitative estimate of drug-likeness (QED) is 0.310. The highest BCUT2D eigenvalue weighted by Crippen LogP contribution is 2.64. The van der Waals surface area contributed by atoms with Crippen molar-refractivity contribution in [3.8, 4) is 0 Å². The van der Waals surface area contributed by atoms with Gasteiger partial charge in [-0.15, -0.1) is 5.10 Å². The highest BCUT2D eigenvalue weighted by molar-refractivity contribution is 5.13. The zero-order chi connectivity index (χ0) is 31.3. The van der Waals surface area contributed by atoms with E-state index in [2.05, 4.69) is 51.9 Å². The standard InChI is InChI=1S/C34H53N3O8/c1-18-8-11-27-22(5)29(42-30-34(27,45-38)24(18)12-9-20(3)40-30)39-16-14-23-17-37(36-35-23)28-21(4)26-10-7-19(2)25-13-15-32(6)43-31(41-28)33(25,26)44-32/h17-22,24-31,38H,7-16H2,1-6H3/t18-,19-,20+,21-,22-,24+,25+,26+,27+,28?,29-,30+,31-,32-,33-,34-/m1/s1. The molecule has 11 heteroatoms. The first kappa shape index (κ1) is 31.1. The van der Waals surface area contributed by atoms with Crippen LogP contribution in [-0.4, -0.2) is 68.8 Å². The molecule has 1 N–H and O–H groups in total. The minimum atomic E-state index is -0.861. The molecule has 1 aromatic rings. The van der Waals surface area contributed by atoms with Gasteiger partial charge >= 0.3 is 0 Å². The summed E-state index contributed by atoms with van der Waals surface area (Å²) in [6, 6.07) is 0. The maximum atomic E-state index is 10.4. The molecule has 2 bridgehead atoms. The zero-order valence-electron chi connectivity index (χ0n) is 27.8. The van der Waals surface area contributed by atoms with E-state index in [-0.39, 0.29) is 41.6 Å². The molecule has 7 aliphatic rings. The summed E-state index contributed by atoms with van der Waals surface area (Å²) < 4.78 is 41.2. The Hall–Kier alpha value is -1.18. The lowest BCUT2D eigenvalue weighted by Crippen LogP contribution is -2.67. The molecule has 5 saturated heterocycles. The molecule has 5 aliphatic heterocycles. The van der Waals surface area contributed by atoms with E-state index in [1.165, 1.54) is 6.42 Å². The second-order valence-electron chi connectivity index (χ2n) is 16.0. The number of hydrogen-bond donors (Lipinski definition) is 1. The fourth-order valence-electron chi connectivity index (χ4n) is 11.1. The first-order valence-corrected chi connectivity index (χ1v) is 17.8.